The van der Waals surface area contributed by atoms with Gasteiger partial charge in [0.05, 0.1) is 19.3 Å². The van der Waals surface area contributed by atoms with Crippen molar-refractivity contribution in [2.45, 2.75) is 6.04 Å². The highest BCUT2D eigenvalue weighted by molar-refractivity contribution is 7.10. The van der Waals surface area contributed by atoms with Crippen molar-refractivity contribution in [3.63, 3.8) is 0 Å². The number of rotatable bonds is 5. The lowest BCUT2D eigenvalue weighted by molar-refractivity contribution is 0.0169. The second-order valence-electron chi connectivity index (χ2n) is 6.30. The normalized spacial score (nSPS) is 16.7. The molecule has 1 atom stereocenters. The van der Waals surface area contributed by atoms with E-state index in [-0.39, 0.29) is 17.8 Å². The first-order valence-electron chi connectivity index (χ1n) is 8.62. The molecule has 0 unspecified atom stereocenters. The fraction of sp³-hybridized carbons (Fsp3) is 0.316. The number of ether oxygens (including phenoxy) is 1. The van der Waals surface area contributed by atoms with Crippen molar-refractivity contribution in [3.8, 4) is 0 Å². The molecule has 1 aromatic carbocycles. The zero-order chi connectivity index (χ0) is 17.9. The van der Waals surface area contributed by atoms with Gasteiger partial charge >= 0.3 is 0 Å². The van der Waals surface area contributed by atoms with E-state index in [9.17, 15) is 9.18 Å². The SMILES string of the molecule is O=C(NC[C@@H](c1cccs1)N1CCOCC1)c1cc2cc(F)ccc2[nH]1. The van der Waals surface area contributed by atoms with Crippen LogP contribution in [0.3, 0.4) is 0 Å². The molecule has 0 spiro atoms. The fourth-order valence-corrected chi connectivity index (χ4v) is 4.15. The fourth-order valence-electron chi connectivity index (χ4n) is 3.29. The van der Waals surface area contributed by atoms with Gasteiger partial charge in [-0.1, -0.05) is 6.07 Å². The Hall–Kier alpha value is -2.22. The third kappa shape index (κ3) is 3.65. The Balaban J connectivity index is 1.48. The summed E-state index contributed by atoms with van der Waals surface area (Å²) < 4.78 is 18.8. The van der Waals surface area contributed by atoms with Gasteiger partial charge in [-0.05, 0) is 35.7 Å². The van der Waals surface area contributed by atoms with E-state index in [1.54, 1.807) is 23.5 Å². The van der Waals surface area contributed by atoms with E-state index in [0.29, 0.717) is 30.8 Å². The van der Waals surface area contributed by atoms with Crippen LogP contribution in [0, 0.1) is 5.82 Å². The first-order valence-corrected chi connectivity index (χ1v) is 9.50. The third-order valence-corrected chi connectivity index (χ3v) is 5.61. The van der Waals surface area contributed by atoms with Crippen LogP contribution in [0.5, 0.6) is 0 Å². The van der Waals surface area contributed by atoms with Gasteiger partial charge in [-0.25, -0.2) is 4.39 Å². The van der Waals surface area contributed by atoms with Crippen molar-refractivity contribution < 1.29 is 13.9 Å². The van der Waals surface area contributed by atoms with E-state index in [0.717, 1.165) is 18.6 Å². The summed E-state index contributed by atoms with van der Waals surface area (Å²) in [7, 11) is 0. The zero-order valence-electron chi connectivity index (χ0n) is 14.2. The molecule has 1 aliphatic rings. The second-order valence-corrected chi connectivity index (χ2v) is 7.28. The van der Waals surface area contributed by atoms with Gasteiger partial charge < -0.3 is 15.0 Å². The van der Waals surface area contributed by atoms with Crippen molar-refractivity contribution in [2.24, 2.45) is 0 Å². The summed E-state index contributed by atoms with van der Waals surface area (Å²) in [4.78, 5) is 19.2. The van der Waals surface area contributed by atoms with Crippen LogP contribution in [0.1, 0.15) is 21.4 Å². The highest BCUT2D eigenvalue weighted by Gasteiger charge is 2.24. The number of benzene rings is 1. The lowest BCUT2D eigenvalue weighted by Gasteiger charge is -2.34. The second kappa shape index (κ2) is 7.57. The first kappa shape index (κ1) is 17.2. The molecule has 136 valence electrons. The number of morpholine rings is 1. The Bertz CT molecular complexity index is 887. The van der Waals surface area contributed by atoms with Gasteiger partial charge in [-0.15, -0.1) is 11.3 Å². The monoisotopic (exact) mass is 373 g/mol. The summed E-state index contributed by atoms with van der Waals surface area (Å²) in [5.41, 5.74) is 1.19. The number of thiophene rings is 1. The first-order chi connectivity index (χ1) is 12.7. The number of aromatic nitrogens is 1. The molecule has 1 fully saturated rings. The quantitative estimate of drug-likeness (QED) is 0.722. The molecule has 0 bridgehead atoms. The highest BCUT2D eigenvalue weighted by atomic mass is 32.1. The van der Waals surface area contributed by atoms with E-state index >= 15 is 0 Å². The number of nitrogens with one attached hydrogen (secondary N) is 2. The molecule has 0 radical (unpaired) electrons. The van der Waals surface area contributed by atoms with Crippen LogP contribution >= 0.6 is 11.3 Å². The molecular weight excluding hydrogens is 353 g/mol. The number of nitrogens with zero attached hydrogens (tertiary/aromatic N) is 1. The van der Waals surface area contributed by atoms with Gasteiger partial charge in [0.15, 0.2) is 0 Å². The molecule has 5 nitrogen and oxygen atoms in total. The summed E-state index contributed by atoms with van der Waals surface area (Å²) in [5.74, 6) is -0.495. The molecule has 3 aromatic rings. The average molecular weight is 373 g/mol. The molecule has 1 amide bonds. The minimum Gasteiger partial charge on any atom is -0.379 e. The standard InChI is InChI=1S/C19H20FN3O2S/c20-14-3-4-15-13(10-14)11-16(22-15)19(24)21-12-17(18-2-1-9-26-18)23-5-7-25-8-6-23/h1-4,9-11,17,22H,5-8,12H2,(H,21,24)/t17-/m0/s1. The van der Waals surface area contributed by atoms with Crippen molar-refractivity contribution in [1.29, 1.82) is 0 Å². The summed E-state index contributed by atoms with van der Waals surface area (Å²) in [6.45, 7) is 3.64. The van der Waals surface area contributed by atoms with Gasteiger partial charge in [0.25, 0.3) is 5.91 Å². The molecule has 0 saturated carbocycles. The van der Waals surface area contributed by atoms with E-state index in [1.165, 1.54) is 17.0 Å². The van der Waals surface area contributed by atoms with Crippen molar-refractivity contribution >= 4 is 28.1 Å². The predicted octanol–water partition coefficient (Wildman–Crippen LogP) is 3.17. The molecule has 1 aliphatic heterocycles. The van der Waals surface area contributed by atoms with Gasteiger partial charge in [-0.2, -0.15) is 0 Å². The lowest BCUT2D eigenvalue weighted by Crippen LogP contribution is -2.43. The molecule has 3 heterocycles. The van der Waals surface area contributed by atoms with Crippen LogP contribution in [0.25, 0.3) is 10.9 Å². The molecule has 1 saturated heterocycles. The van der Waals surface area contributed by atoms with Crippen LogP contribution in [0.2, 0.25) is 0 Å². The Morgan fingerprint density at radius 2 is 2.15 bits per heavy atom. The third-order valence-electron chi connectivity index (χ3n) is 4.64. The van der Waals surface area contributed by atoms with Crippen molar-refractivity contribution in [2.75, 3.05) is 32.8 Å². The summed E-state index contributed by atoms with van der Waals surface area (Å²) in [6.07, 6.45) is 0. The number of H-pyrrole nitrogens is 1. The number of halogens is 1. The maximum atomic E-state index is 13.3. The number of hydrogen-bond donors (Lipinski definition) is 2. The molecule has 4 rings (SSSR count). The molecule has 2 N–H and O–H groups in total. The van der Waals surface area contributed by atoms with Gasteiger partial charge in [0.2, 0.25) is 0 Å². The van der Waals surface area contributed by atoms with E-state index < -0.39 is 0 Å². The van der Waals surface area contributed by atoms with Gasteiger partial charge in [-0.3, -0.25) is 9.69 Å². The molecule has 0 aliphatic carbocycles. The highest BCUT2D eigenvalue weighted by Crippen LogP contribution is 2.25. The maximum Gasteiger partial charge on any atom is 0.267 e. The summed E-state index contributed by atoms with van der Waals surface area (Å²) in [5, 5.41) is 5.77. The minimum absolute atomic E-state index is 0.129. The van der Waals surface area contributed by atoms with E-state index in [2.05, 4.69) is 26.6 Å². The number of aromatic amines is 1. The van der Waals surface area contributed by atoms with Gasteiger partial charge in [0, 0.05) is 35.4 Å². The van der Waals surface area contributed by atoms with Crippen LogP contribution in [-0.2, 0) is 4.74 Å². The number of amides is 1. The number of carbonyl (C=O) groups excluding carboxylic acids is 1. The molecular formula is C19H20FN3O2S. The van der Waals surface area contributed by atoms with Gasteiger partial charge in [0.1, 0.15) is 11.5 Å². The number of hydrogen-bond acceptors (Lipinski definition) is 4. The van der Waals surface area contributed by atoms with E-state index in [1.807, 2.05) is 6.07 Å². The predicted molar refractivity (Wildman–Crippen MR) is 100 cm³/mol. The van der Waals surface area contributed by atoms with Crippen molar-refractivity contribution in [3.05, 3.63) is 58.2 Å². The minimum atomic E-state index is -0.312. The zero-order valence-corrected chi connectivity index (χ0v) is 15.0. The Labute approximate surface area is 154 Å². The summed E-state index contributed by atoms with van der Waals surface area (Å²) in [6, 6.07) is 10.4. The topological polar surface area (TPSA) is 57.4 Å². The van der Waals surface area contributed by atoms with E-state index in [4.69, 9.17) is 4.74 Å². The smallest absolute Gasteiger partial charge is 0.267 e. The molecule has 26 heavy (non-hydrogen) atoms. The van der Waals surface area contributed by atoms with Crippen LogP contribution in [0.15, 0.2) is 41.8 Å². The Morgan fingerprint density at radius 1 is 1.31 bits per heavy atom. The Morgan fingerprint density at radius 3 is 2.92 bits per heavy atom. The number of carbonyl (C=O) groups is 1. The largest absolute Gasteiger partial charge is 0.379 e. The van der Waals surface area contributed by atoms with Crippen LogP contribution in [-0.4, -0.2) is 48.6 Å². The van der Waals surface area contributed by atoms with Crippen molar-refractivity contribution in [1.82, 2.24) is 15.2 Å². The maximum absolute atomic E-state index is 13.3. The lowest BCUT2D eigenvalue weighted by atomic mass is 10.2. The molecule has 7 heteroatoms. The molecule has 2 aromatic heterocycles. The average Bonchev–Trinajstić information content (AvgIpc) is 3.32. The van der Waals surface area contributed by atoms with Crippen LogP contribution in [0.4, 0.5) is 4.39 Å². The number of fused-ring (bicyclic) bond motifs is 1. The van der Waals surface area contributed by atoms with Crippen LogP contribution < -0.4 is 5.32 Å². The summed E-state index contributed by atoms with van der Waals surface area (Å²) >= 11 is 1.69. The Kier molecular flexibility index (Phi) is 5.01.